The van der Waals surface area contributed by atoms with Gasteiger partial charge >= 0.3 is 0 Å². The van der Waals surface area contributed by atoms with Crippen molar-refractivity contribution in [1.29, 1.82) is 0 Å². The number of fused-ring (bicyclic) bond motifs is 3. The number of aryl methyl sites for hydroxylation is 2. The van der Waals surface area contributed by atoms with Crippen molar-refractivity contribution in [3.8, 4) is 22.5 Å². The lowest BCUT2D eigenvalue weighted by molar-refractivity contribution is -0.116. The number of nitrogens with two attached hydrogens (primary N) is 1. The standard InChI is InChI=1S/C23H24N4O/c1-14(2)12-20(28)26-23-21(15-6-4-3-5-7-15)27-22-18-10-9-17(24)13-16(18)8-11-19(22)25-23/h3-7,9-10,13-14H,8,11-12,24H2,1-2H3,(H,25,26,28). The summed E-state index contributed by atoms with van der Waals surface area (Å²) in [4.78, 5) is 22.2. The molecule has 0 atom stereocenters. The van der Waals surface area contributed by atoms with E-state index >= 15 is 0 Å². The van der Waals surface area contributed by atoms with Crippen LogP contribution in [0.4, 0.5) is 11.5 Å². The first kappa shape index (κ1) is 18.2. The van der Waals surface area contributed by atoms with Crippen LogP contribution in [0.2, 0.25) is 0 Å². The Morgan fingerprint density at radius 1 is 1.07 bits per heavy atom. The van der Waals surface area contributed by atoms with E-state index in [9.17, 15) is 4.79 Å². The van der Waals surface area contributed by atoms with Crippen molar-refractivity contribution in [2.75, 3.05) is 11.1 Å². The summed E-state index contributed by atoms with van der Waals surface area (Å²) >= 11 is 0. The molecule has 1 aromatic heterocycles. The van der Waals surface area contributed by atoms with E-state index in [-0.39, 0.29) is 11.8 Å². The van der Waals surface area contributed by atoms with Gasteiger partial charge in [-0.2, -0.15) is 0 Å². The number of nitrogen functional groups attached to an aromatic ring is 1. The summed E-state index contributed by atoms with van der Waals surface area (Å²) < 4.78 is 0. The van der Waals surface area contributed by atoms with Crippen molar-refractivity contribution in [2.45, 2.75) is 33.1 Å². The van der Waals surface area contributed by atoms with Gasteiger partial charge in [0.25, 0.3) is 0 Å². The van der Waals surface area contributed by atoms with Crippen LogP contribution in [0.1, 0.15) is 31.5 Å². The number of carbonyl (C=O) groups excluding carboxylic acids is 1. The molecule has 0 saturated heterocycles. The molecule has 0 aliphatic heterocycles. The largest absolute Gasteiger partial charge is 0.399 e. The molecule has 1 heterocycles. The maximum absolute atomic E-state index is 12.4. The first-order valence-corrected chi connectivity index (χ1v) is 9.66. The van der Waals surface area contributed by atoms with Gasteiger partial charge in [0.05, 0.1) is 11.4 Å². The highest BCUT2D eigenvalue weighted by atomic mass is 16.1. The highest BCUT2D eigenvalue weighted by molar-refractivity contribution is 5.94. The fourth-order valence-electron chi connectivity index (χ4n) is 3.60. The fraction of sp³-hybridized carbons (Fsp3) is 0.261. The van der Waals surface area contributed by atoms with Crippen molar-refractivity contribution >= 4 is 17.4 Å². The monoisotopic (exact) mass is 372 g/mol. The molecule has 2 aromatic carbocycles. The minimum atomic E-state index is -0.0367. The number of anilines is 2. The lowest BCUT2D eigenvalue weighted by atomic mass is 9.91. The molecule has 0 spiro atoms. The Labute approximate surface area is 165 Å². The van der Waals surface area contributed by atoms with Crippen LogP contribution in [0.3, 0.4) is 0 Å². The lowest BCUT2D eigenvalue weighted by Gasteiger charge is -2.21. The lowest BCUT2D eigenvalue weighted by Crippen LogP contribution is -2.18. The van der Waals surface area contributed by atoms with Crippen LogP contribution in [0, 0.1) is 5.92 Å². The molecule has 1 aliphatic rings. The molecule has 5 nitrogen and oxygen atoms in total. The topological polar surface area (TPSA) is 80.9 Å². The van der Waals surface area contributed by atoms with Gasteiger partial charge in [0.2, 0.25) is 5.91 Å². The Morgan fingerprint density at radius 2 is 1.86 bits per heavy atom. The Bertz CT molecular complexity index is 1030. The third-order valence-corrected chi connectivity index (χ3v) is 4.88. The third kappa shape index (κ3) is 3.60. The van der Waals surface area contributed by atoms with Crippen molar-refractivity contribution in [2.24, 2.45) is 5.92 Å². The van der Waals surface area contributed by atoms with Crippen LogP contribution in [0.15, 0.2) is 48.5 Å². The maximum Gasteiger partial charge on any atom is 0.225 e. The maximum atomic E-state index is 12.4. The number of carbonyl (C=O) groups is 1. The highest BCUT2D eigenvalue weighted by Crippen LogP contribution is 2.36. The normalized spacial score (nSPS) is 12.4. The smallest absolute Gasteiger partial charge is 0.225 e. The predicted octanol–water partition coefficient (Wildman–Crippen LogP) is 4.48. The van der Waals surface area contributed by atoms with E-state index in [1.807, 2.05) is 62.4 Å². The van der Waals surface area contributed by atoms with Crippen LogP contribution >= 0.6 is 0 Å². The molecule has 4 rings (SSSR count). The quantitative estimate of drug-likeness (QED) is 0.662. The Balaban J connectivity index is 1.83. The molecule has 0 bridgehead atoms. The average Bonchev–Trinajstić information content (AvgIpc) is 2.67. The van der Waals surface area contributed by atoms with Crippen LogP contribution < -0.4 is 11.1 Å². The summed E-state index contributed by atoms with van der Waals surface area (Å²) in [7, 11) is 0. The number of hydrogen-bond acceptors (Lipinski definition) is 4. The summed E-state index contributed by atoms with van der Waals surface area (Å²) in [6, 6.07) is 15.8. The molecular weight excluding hydrogens is 348 g/mol. The van der Waals surface area contributed by atoms with E-state index < -0.39 is 0 Å². The van der Waals surface area contributed by atoms with Gasteiger partial charge < -0.3 is 11.1 Å². The highest BCUT2D eigenvalue weighted by Gasteiger charge is 2.23. The second-order valence-corrected chi connectivity index (χ2v) is 7.64. The number of amides is 1. The predicted molar refractivity (Wildman–Crippen MR) is 113 cm³/mol. The van der Waals surface area contributed by atoms with Crippen molar-refractivity contribution in [3.63, 3.8) is 0 Å². The van der Waals surface area contributed by atoms with E-state index in [1.165, 1.54) is 5.56 Å². The first-order chi connectivity index (χ1) is 13.5. The van der Waals surface area contributed by atoms with E-state index in [4.69, 9.17) is 15.7 Å². The van der Waals surface area contributed by atoms with Gasteiger partial charge in [-0.25, -0.2) is 9.97 Å². The summed E-state index contributed by atoms with van der Waals surface area (Å²) in [5.74, 6) is 0.781. The van der Waals surface area contributed by atoms with Crippen LogP contribution in [-0.2, 0) is 17.6 Å². The van der Waals surface area contributed by atoms with Crippen molar-refractivity contribution in [1.82, 2.24) is 9.97 Å². The Kier molecular flexibility index (Phi) is 4.82. The molecule has 1 amide bonds. The summed E-state index contributed by atoms with van der Waals surface area (Å²) in [6.45, 7) is 4.05. The fourth-order valence-corrected chi connectivity index (χ4v) is 3.60. The molecule has 0 saturated carbocycles. The van der Waals surface area contributed by atoms with Crippen LogP contribution in [0.25, 0.3) is 22.5 Å². The molecule has 142 valence electrons. The van der Waals surface area contributed by atoms with E-state index in [2.05, 4.69) is 5.32 Å². The summed E-state index contributed by atoms with van der Waals surface area (Å²) in [6.07, 6.45) is 2.10. The van der Waals surface area contributed by atoms with Gasteiger partial charge in [-0.1, -0.05) is 50.2 Å². The number of benzene rings is 2. The summed E-state index contributed by atoms with van der Waals surface area (Å²) in [5, 5.41) is 2.99. The minimum absolute atomic E-state index is 0.0367. The minimum Gasteiger partial charge on any atom is -0.399 e. The summed E-state index contributed by atoms with van der Waals surface area (Å²) in [5.41, 5.74) is 12.4. The van der Waals surface area contributed by atoms with Crippen molar-refractivity contribution < 1.29 is 4.79 Å². The molecule has 28 heavy (non-hydrogen) atoms. The van der Waals surface area contributed by atoms with Gasteiger partial charge in [0.15, 0.2) is 5.82 Å². The number of hydrogen-bond donors (Lipinski definition) is 2. The van der Waals surface area contributed by atoms with Crippen LogP contribution in [0.5, 0.6) is 0 Å². The second kappa shape index (κ2) is 7.43. The molecule has 0 fully saturated rings. The second-order valence-electron chi connectivity index (χ2n) is 7.64. The first-order valence-electron chi connectivity index (χ1n) is 9.66. The number of nitrogens with zero attached hydrogens (tertiary/aromatic N) is 2. The van der Waals surface area contributed by atoms with Gasteiger partial charge in [0, 0.05) is 23.2 Å². The molecule has 3 aromatic rings. The molecule has 1 aliphatic carbocycles. The Morgan fingerprint density at radius 3 is 2.61 bits per heavy atom. The van der Waals surface area contributed by atoms with E-state index in [0.29, 0.717) is 17.9 Å². The van der Waals surface area contributed by atoms with E-state index in [0.717, 1.165) is 41.0 Å². The SMILES string of the molecule is CC(C)CC(=O)Nc1nc2c(nc1-c1ccccc1)-c1ccc(N)cc1CC2. The zero-order valence-corrected chi connectivity index (χ0v) is 16.2. The number of nitrogens with one attached hydrogen (secondary N) is 1. The average molecular weight is 372 g/mol. The van der Waals surface area contributed by atoms with Crippen molar-refractivity contribution in [3.05, 3.63) is 59.8 Å². The van der Waals surface area contributed by atoms with Crippen LogP contribution in [-0.4, -0.2) is 15.9 Å². The van der Waals surface area contributed by atoms with E-state index in [1.54, 1.807) is 0 Å². The van der Waals surface area contributed by atoms with Gasteiger partial charge in [-0.15, -0.1) is 0 Å². The molecule has 0 radical (unpaired) electrons. The molecule has 0 unspecified atom stereocenters. The zero-order chi connectivity index (χ0) is 19.7. The molecule has 3 N–H and O–H groups in total. The van der Waals surface area contributed by atoms with Gasteiger partial charge in [0.1, 0.15) is 5.69 Å². The number of rotatable bonds is 4. The molecule has 5 heteroatoms. The number of aromatic nitrogens is 2. The Hall–Kier alpha value is -3.21. The zero-order valence-electron chi connectivity index (χ0n) is 16.2. The third-order valence-electron chi connectivity index (χ3n) is 4.88. The molecular formula is C23H24N4O. The van der Waals surface area contributed by atoms with Gasteiger partial charge in [-0.3, -0.25) is 4.79 Å². The van der Waals surface area contributed by atoms with Gasteiger partial charge in [-0.05, 0) is 36.5 Å².